The van der Waals surface area contributed by atoms with Crippen molar-refractivity contribution in [2.45, 2.75) is 0 Å². The normalized spacial score (nSPS) is 10.6. The summed E-state index contributed by atoms with van der Waals surface area (Å²) in [4.78, 5) is 11.7. The number of hydrogen-bond donors (Lipinski definition) is 1. The monoisotopic (exact) mass is 291 g/mol. The molecule has 0 heterocycles. The third-order valence-corrected chi connectivity index (χ3v) is 3.27. The summed E-state index contributed by atoms with van der Waals surface area (Å²) in [5.41, 5.74) is 1.45. The minimum Gasteiger partial charge on any atom is -0.323 e. The Morgan fingerprint density at radius 3 is 2.47 bits per heavy atom. The molecule has 96 valence electrons. The fourth-order valence-electron chi connectivity index (χ4n) is 1.52. The molecule has 2 aromatic rings. The Hall–Kier alpha value is -1.77. The lowest BCUT2D eigenvalue weighted by Gasteiger charge is -2.02. The predicted octanol–water partition coefficient (Wildman–Crippen LogP) is 4.65. The highest BCUT2D eigenvalue weighted by Gasteiger charge is 2.02. The molecule has 0 saturated carbocycles. The van der Waals surface area contributed by atoms with E-state index in [-0.39, 0.29) is 5.91 Å². The summed E-state index contributed by atoms with van der Waals surface area (Å²) in [6.45, 7) is 0. The van der Waals surface area contributed by atoms with Gasteiger partial charge in [-0.2, -0.15) is 0 Å². The average Bonchev–Trinajstić information content (AvgIpc) is 2.42. The summed E-state index contributed by atoms with van der Waals surface area (Å²) < 4.78 is 0. The zero-order chi connectivity index (χ0) is 13.7. The summed E-state index contributed by atoms with van der Waals surface area (Å²) in [5, 5.41) is 3.65. The molecular weight excluding hydrogens is 281 g/mol. The number of carbonyl (C=O) groups excluding carboxylic acids is 1. The Labute approximate surface area is 121 Å². The fraction of sp³-hybridized carbons (Fsp3) is 0. The molecule has 0 spiro atoms. The van der Waals surface area contributed by atoms with Gasteiger partial charge in [0.15, 0.2) is 0 Å². The second-order valence-electron chi connectivity index (χ2n) is 3.83. The van der Waals surface area contributed by atoms with Crippen molar-refractivity contribution in [2.75, 3.05) is 5.32 Å². The van der Waals surface area contributed by atoms with Crippen LogP contribution in [0.3, 0.4) is 0 Å². The van der Waals surface area contributed by atoms with Crippen LogP contribution in [-0.4, -0.2) is 5.91 Å². The summed E-state index contributed by atoms with van der Waals surface area (Å²) in [6.07, 6.45) is 3.05. The summed E-state index contributed by atoms with van der Waals surface area (Å²) in [6, 6.07) is 14.5. The van der Waals surface area contributed by atoms with Gasteiger partial charge in [-0.25, -0.2) is 0 Å². The quantitative estimate of drug-likeness (QED) is 0.820. The van der Waals surface area contributed by atoms with Crippen molar-refractivity contribution in [1.29, 1.82) is 0 Å². The molecule has 0 fully saturated rings. The van der Waals surface area contributed by atoms with Crippen LogP contribution in [0, 0.1) is 0 Å². The fourth-order valence-corrected chi connectivity index (χ4v) is 1.89. The van der Waals surface area contributed by atoms with Gasteiger partial charge in [-0.1, -0.05) is 53.5 Å². The summed E-state index contributed by atoms with van der Waals surface area (Å²) in [7, 11) is 0. The van der Waals surface area contributed by atoms with Crippen LogP contribution in [0.15, 0.2) is 54.6 Å². The zero-order valence-electron chi connectivity index (χ0n) is 9.94. The molecule has 0 saturated heterocycles. The number of para-hydroxylation sites is 1. The zero-order valence-corrected chi connectivity index (χ0v) is 11.4. The van der Waals surface area contributed by atoms with E-state index in [0.717, 1.165) is 5.69 Å². The maximum atomic E-state index is 11.7. The molecule has 0 aliphatic heterocycles. The van der Waals surface area contributed by atoms with E-state index in [9.17, 15) is 4.79 Å². The van der Waals surface area contributed by atoms with Gasteiger partial charge in [0, 0.05) is 11.8 Å². The van der Waals surface area contributed by atoms with Crippen molar-refractivity contribution in [2.24, 2.45) is 0 Å². The third-order valence-electron chi connectivity index (χ3n) is 2.44. The van der Waals surface area contributed by atoms with Crippen LogP contribution in [0.5, 0.6) is 0 Å². The highest BCUT2D eigenvalue weighted by Crippen LogP contribution is 2.26. The van der Waals surface area contributed by atoms with E-state index < -0.39 is 0 Å². The SMILES string of the molecule is O=C(/C=C/c1cccc(Cl)c1Cl)Nc1ccccc1. The molecule has 1 amide bonds. The maximum absolute atomic E-state index is 11.7. The Kier molecular flexibility index (Phi) is 4.61. The first-order chi connectivity index (χ1) is 9.16. The van der Waals surface area contributed by atoms with Crippen molar-refractivity contribution in [3.63, 3.8) is 0 Å². The van der Waals surface area contributed by atoms with Crippen LogP contribution in [0.2, 0.25) is 10.0 Å². The van der Waals surface area contributed by atoms with Gasteiger partial charge in [-0.3, -0.25) is 4.79 Å². The Balaban J connectivity index is 2.06. The van der Waals surface area contributed by atoms with E-state index in [2.05, 4.69) is 5.32 Å². The number of benzene rings is 2. The average molecular weight is 292 g/mol. The smallest absolute Gasteiger partial charge is 0.248 e. The topological polar surface area (TPSA) is 29.1 Å². The lowest BCUT2D eigenvalue weighted by molar-refractivity contribution is -0.111. The van der Waals surface area contributed by atoms with Crippen molar-refractivity contribution < 1.29 is 4.79 Å². The van der Waals surface area contributed by atoms with Gasteiger partial charge in [-0.05, 0) is 29.8 Å². The number of carbonyl (C=O) groups is 1. The highest BCUT2D eigenvalue weighted by molar-refractivity contribution is 6.42. The van der Waals surface area contributed by atoms with E-state index >= 15 is 0 Å². The molecule has 0 aliphatic carbocycles. The number of nitrogens with one attached hydrogen (secondary N) is 1. The number of hydrogen-bond acceptors (Lipinski definition) is 1. The van der Waals surface area contributed by atoms with E-state index in [0.29, 0.717) is 15.6 Å². The Bertz CT molecular complexity index is 609. The Morgan fingerprint density at radius 1 is 1.00 bits per heavy atom. The molecule has 2 aromatic carbocycles. The number of rotatable bonds is 3. The lowest BCUT2D eigenvalue weighted by atomic mass is 10.2. The van der Waals surface area contributed by atoms with Gasteiger partial charge in [-0.15, -0.1) is 0 Å². The van der Waals surface area contributed by atoms with Crippen molar-refractivity contribution >= 4 is 40.9 Å². The molecular formula is C15H11Cl2NO. The minimum atomic E-state index is -0.220. The molecule has 0 aromatic heterocycles. The van der Waals surface area contributed by atoms with Crippen molar-refractivity contribution in [3.8, 4) is 0 Å². The van der Waals surface area contributed by atoms with Crippen LogP contribution in [0.25, 0.3) is 6.08 Å². The second-order valence-corrected chi connectivity index (χ2v) is 4.62. The molecule has 0 radical (unpaired) electrons. The molecule has 2 nitrogen and oxygen atoms in total. The van der Waals surface area contributed by atoms with Crippen LogP contribution in [0.1, 0.15) is 5.56 Å². The summed E-state index contributed by atoms with van der Waals surface area (Å²) in [5.74, 6) is -0.220. The van der Waals surface area contributed by atoms with Crippen molar-refractivity contribution in [1.82, 2.24) is 0 Å². The lowest BCUT2D eigenvalue weighted by Crippen LogP contribution is -2.07. The van der Waals surface area contributed by atoms with E-state index in [1.54, 1.807) is 24.3 Å². The standard InChI is InChI=1S/C15H11Cl2NO/c16-13-8-4-5-11(15(13)17)9-10-14(19)18-12-6-2-1-3-7-12/h1-10H,(H,18,19)/b10-9+. The van der Waals surface area contributed by atoms with Crippen LogP contribution in [-0.2, 0) is 4.79 Å². The second kappa shape index (κ2) is 6.41. The maximum Gasteiger partial charge on any atom is 0.248 e. The molecule has 0 aliphatic rings. The van der Waals surface area contributed by atoms with Crippen molar-refractivity contribution in [3.05, 3.63) is 70.2 Å². The first-order valence-corrected chi connectivity index (χ1v) is 6.40. The molecule has 1 N–H and O–H groups in total. The summed E-state index contributed by atoms with van der Waals surface area (Å²) >= 11 is 11.9. The van der Waals surface area contributed by atoms with Gasteiger partial charge in [0.25, 0.3) is 0 Å². The molecule has 0 atom stereocenters. The number of amides is 1. The van der Waals surface area contributed by atoms with E-state index in [1.807, 2.05) is 30.3 Å². The molecule has 19 heavy (non-hydrogen) atoms. The largest absolute Gasteiger partial charge is 0.323 e. The van der Waals surface area contributed by atoms with Gasteiger partial charge < -0.3 is 5.32 Å². The van der Waals surface area contributed by atoms with Crippen LogP contribution in [0.4, 0.5) is 5.69 Å². The Morgan fingerprint density at radius 2 is 1.74 bits per heavy atom. The number of halogens is 2. The molecule has 0 bridgehead atoms. The highest BCUT2D eigenvalue weighted by atomic mass is 35.5. The van der Waals surface area contributed by atoms with Crippen LogP contribution < -0.4 is 5.32 Å². The number of anilines is 1. The van der Waals surface area contributed by atoms with Crippen LogP contribution >= 0.6 is 23.2 Å². The van der Waals surface area contributed by atoms with Gasteiger partial charge in [0.05, 0.1) is 10.0 Å². The molecule has 4 heteroatoms. The van der Waals surface area contributed by atoms with E-state index in [1.165, 1.54) is 6.08 Å². The predicted molar refractivity (Wildman–Crippen MR) is 80.6 cm³/mol. The van der Waals surface area contributed by atoms with E-state index in [4.69, 9.17) is 23.2 Å². The molecule has 0 unspecified atom stereocenters. The van der Waals surface area contributed by atoms with Gasteiger partial charge in [0.1, 0.15) is 0 Å². The van der Waals surface area contributed by atoms with Gasteiger partial charge in [0.2, 0.25) is 5.91 Å². The third kappa shape index (κ3) is 3.85. The van der Waals surface area contributed by atoms with Gasteiger partial charge >= 0.3 is 0 Å². The minimum absolute atomic E-state index is 0.220. The first kappa shape index (κ1) is 13.7. The molecule has 2 rings (SSSR count). The first-order valence-electron chi connectivity index (χ1n) is 5.65.